The van der Waals surface area contributed by atoms with Gasteiger partial charge in [0.15, 0.2) is 0 Å². The van der Waals surface area contributed by atoms with Gasteiger partial charge in [0.05, 0.1) is 31.0 Å². The molecule has 1 fully saturated rings. The number of anilines is 1. The number of aromatic carboxylic acids is 1. The lowest BCUT2D eigenvalue weighted by atomic mass is 9.94. The van der Waals surface area contributed by atoms with Crippen LogP contribution < -0.4 is 5.32 Å². The Morgan fingerprint density at radius 3 is 2.49 bits per heavy atom. The lowest BCUT2D eigenvalue weighted by molar-refractivity contribution is -0.0534. The van der Waals surface area contributed by atoms with Crippen LogP contribution in [-0.2, 0) is 16.1 Å². The Hall–Kier alpha value is -2.97. The highest BCUT2D eigenvalue weighted by molar-refractivity contribution is 5.91. The van der Waals surface area contributed by atoms with E-state index in [4.69, 9.17) is 9.47 Å². The van der Waals surface area contributed by atoms with Crippen LogP contribution in [0.4, 0.5) is 14.9 Å². The Balaban J connectivity index is 1.52. The zero-order valence-corrected chi connectivity index (χ0v) is 22.2. The zero-order valence-electron chi connectivity index (χ0n) is 22.2. The van der Waals surface area contributed by atoms with Gasteiger partial charge in [-0.1, -0.05) is 38.1 Å². The first-order chi connectivity index (χ1) is 17.7. The molecule has 3 rings (SSSR count). The summed E-state index contributed by atoms with van der Waals surface area (Å²) in [4.78, 5) is 26.4. The Morgan fingerprint density at radius 2 is 1.81 bits per heavy atom. The van der Waals surface area contributed by atoms with E-state index in [1.165, 1.54) is 12.1 Å². The number of carboxylic acid groups (broad SMARTS) is 1. The summed E-state index contributed by atoms with van der Waals surface area (Å²) in [5, 5.41) is 12.3. The van der Waals surface area contributed by atoms with E-state index in [2.05, 4.69) is 19.2 Å². The van der Waals surface area contributed by atoms with Crippen LogP contribution in [0.1, 0.15) is 67.9 Å². The van der Waals surface area contributed by atoms with Crippen molar-refractivity contribution in [2.45, 2.75) is 78.2 Å². The van der Waals surface area contributed by atoms with Crippen molar-refractivity contribution in [1.82, 2.24) is 4.90 Å². The number of ether oxygens (including phenoxy) is 2. The molecule has 37 heavy (non-hydrogen) atoms. The van der Waals surface area contributed by atoms with Gasteiger partial charge in [-0.15, -0.1) is 0 Å². The van der Waals surface area contributed by atoms with E-state index in [0.717, 1.165) is 31.2 Å². The van der Waals surface area contributed by atoms with Crippen LogP contribution in [-0.4, -0.2) is 53.4 Å². The van der Waals surface area contributed by atoms with Crippen molar-refractivity contribution in [2.75, 3.05) is 18.5 Å². The molecule has 0 bridgehead atoms. The number of halogens is 1. The maximum atomic E-state index is 13.5. The molecule has 2 amide bonds. The fraction of sp³-hybridized carbons (Fsp3) is 0.517. The summed E-state index contributed by atoms with van der Waals surface area (Å²) in [6.45, 7) is 8.94. The third-order valence-corrected chi connectivity index (χ3v) is 7.10. The quantitative estimate of drug-likeness (QED) is 0.370. The summed E-state index contributed by atoms with van der Waals surface area (Å²) < 4.78 is 25.8. The van der Waals surface area contributed by atoms with Crippen LogP contribution in [0, 0.1) is 18.7 Å². The third kappa shape index (κ3) is 8.27. The monoisotopic (exact) mass is 514 g/mol. The van der Waals surface area contributed by atoms with E-state index in [-0.39, 0.29) is 36.8 Å². The summed E-state index contributed by atoms with van der Waals surface area (Å²) in [6, 6.07) is 11.0. The molecule has 2 aromatic rings. The standard InChI is InChI=1S/C29H39FN2O5/c1-19(2)21(4)32(29(35)31-24-11-6-10-23(30)16-24)14-15-36-25-12-7-13-26(17-25)37-18-22-9-5-8-20(3)27(22)28(33)34/h5-6,8-11,16,19,21,25-26H,7,12-15,17-18H2,1-4H3,(H,31,35)(H,33,34)/t21?,25-,26?/m0/s1. The van der Waals surface area contributed by atoms with Gasteiger partial charge in [0.25, 0.3) is 0 Å². The van der Waals surface area contributed by atoms with Gasteiger partial charge in [-0.25, -0.2) is 14.0 Å². The molecule has 3 atom stereocenters. The number of nitrogens with one attached hydrogen (secondary N) is 1. The van der Waals surface area contributed by atoms with E-state index < -0.39 is 11.8 Å². The lowest BCUT2D eigenvalue weighted by Crippen LogP contribution is -2.46. The topological polar surface area (TPSA) is 88.1 Å². The van der Waals surface area contributed by atoms with E-state index in [9.17, 15) is 19.1 Å². The van der Waals surface area contributed by atoms with Crippen molar-refractivity contribution in [3.8, 4) is 0 Å². The van der Waals surface area contributed by atoms with Gasteiger partial charge >= 0.3 is 12.0 Å². The number of hydrogen-bond donors (Lipinski definition) is 2. The smallest absolute Gasteiger partial charge is 0.336 e. The Labute approximate surface area is 219 Å². The summed E-state index contributed by atoms with van der Waals surface area (Å²) in [5.41, 5.74) is 2.12. The normalized spacial score (nSPS) is 18.4. The molecule has 2 aromatic carbocycles. The molecule has 0 spiro atoms. The third-order valence-electron chi connectivity index (χ3n) is 7.10. The van der Waals surface area contributed by atoms with Crippen molar-refractivity contribution in [1.29, 1.82) is 0 Å². The van der Waals surface area contributed by atoms with E-state index in [1.807, 2.05) is 13.0 Å². The van der Waals surface area contributed by atoms with Gasteiger partial charge in [0.2, 0.25) is 0 Å². The van der Waals surface area contributed by atoms with Crippen molar-refractivity contribution in [3.05, 3.63) is 65.0 Å². The first-order valence-corrected chi connectivity index (χ1v) is 13.0. The predicted octanol–water partition coefficient (Wildman–Crippen LogP) is 6.26. The molecular formula is C29H39FN2O5. The van der Waals surface area contributed by atoms with Gasteiger partial charge < -0.3 is 24.8 Å². The average molecular weight is 515 g/mol. The van der Waals surface area contributed by atoms with Gasteiger partial charge in [0.1, 0.15) is 5.82 Å². The van der Waals surface area contributed by atoms with Crippen molar-refractivity contribution in [2.24, 2.45) is 5.92 Å². The molecule has 2 unspecified atom stereocenters. The molecule has 0 aromatic heterocycles. The SMILES string of the molecule is Cc1cccc(COC2CCC[C@H](OCCN(C(=O)Nc3cccc(F)c3)C(C)C(C)C)C2)c1C(=O)O. The number of aryl methyl sites for hydroxylation is 1. The van der Waals surface area contributed by atoms with Gasteiger partial charge in [-0.05, 0) is 74.8 Å². The lowest BCUT2D eigenvalue weighted by Gasteiger charge is -2.33. The van der Waals surface area contributed by atoms with Crippen LogP contribution >= 0.6 is 0 Å². The Kier molecular flexibility index (Phi) is 10.5. The molecule has 0 saturated heterocycles. The van der Waals surface area contributed by atoms with E-state index in [0.29, 0.717) is 30.0 Å². The number of carbonyl (C=O) groups excluding carboxylic acids is 1. The first-order valence-electron chi connectivity index (χ1n) is 13.0. The molecule has 0 aliphatic heterocycles. The number of urea groups is 1. The molecule has 0 heterocycles. The summed E-state index contributed by atoms with van der Waals surface area (Å²) in [7, 11) is 0. The van der Waals surface area contributed by atoms with Crippen LogP contribution in [0.3, 0.4) is 0 Å². The second kappa shape index (κ2) is 13.5. The predicted molar refractivity (Wildman–Crippen MR) is 141 cm³/mol. The van der Waals surface area contributed by atoms with Crippen molar-refractivity contribution >= 4 is 17.7 Å². The Bertz CT molecular complexity index is 1060. The highest BCUT2D eigenvalue weighted by Crippen LogP contribution is 2.26. The zero-order chi connectivity index (χ0) is 26.9. The van der Waals surface area contributed by atoms with Gasteiger partial charge in [0, 0.05) is 18.3 Å². The van der Waals surface area contributed by atoms with Gasteiger partial charge in [-0.3, -0.25) is 0 Å². The molecule has 202 valence electrons. The largest absolute Gasteiger partial charge is 0.478 e. The summed E-state index contributed by atoms with van der Waals surface area (Å²) in [5.74, 6) is -1.11. The molecule has 1 saturated carbocycles. The second-order valence-corrected chi connectivity index (χ2v) is 10.1. The van der Waals surface area contributed by atoms with Crippen LogP contribution in [0.2, 0.25) is 0 Å². The minimum Gasteiger partial charge on any atom is -0.478 e. The van der Waals surface area contributed by atoms with Crippen LogP contribution in [0.5, 0.6) is 0 Å². The maximum Gasteiger partial charge on any atom is 0.336 e. The molecular weight excluding hydrogens is 475 g/mol. The highest BCUT2D eigenvalue weighted by atomic mass is 19.1. The van der Waals surface area contributed by atoms with Crippen LogP contribution in [0.25, 0.3) is 0 Å². The number of hydrogen-bond acceptors (Lipinski definition) is 4. The molecule has 8 heteroatoms. The molecule has 1 aliphatic rings. The van der Waals surface area contributed by atoms with Crippen molar-refractivity contribution in [3.63, 3.8) is 0 Å². The summed E-state index contributed by atoms with van der Waals surface area (Å²) >= 11 is 0. The fourth-order valence-corrected chi connectivity index (χ4v) is 4.70. The molecule has 1 aliphatic carbocycles. The van der Waals surface area contributed by atoms with E-state index >= 15 is 0 Å². The van der Waals surface area contributed by atoms with E-state index in [1.54, 1.807) is 36.1 Å². The number of carbonyl (C=O) groups is 2. The summed E-state index contributed by atoms with van der Waals surface area (Å²) in [6.07, 6.45) is 3.51. The molecule has 0 radical (unpaired) electrons. The number of nitrogens with zero attached hydrogens (tertiary/aromatic N) is 1. The minimum atomic E-state index is -0.942. The van der Waals surface area contributed by atoms with Crippen molar-refractivity contribution < 1.29 is 28.6 Å². The minimum absolute atomic E-state index is 0.0112. The van der Waals surface area contributed by atoms with Gasteiger partial charge in [-0.2, -0.15) is 0 Å². The Morgan fingerprint density at radius 1 is 1.11 bits per heavy atom. The number of carboxylic acids is 1. The van der Waals surface area contributed by atoms with Crippen LogP contribution in [0.15, 0.2) is 42.5 Å². The molecule has 7 nitrogen and oxygen atoms in total. The highest BCUT2D eigenvalue weighted by Gasteiger charge is 2.26. The number of amides is 2. The second-order valence-electron chi connectivity index (χ2n) is 10.1. The molecule has 2 N–H and O–H groups in total. The number of benzene rings is 2. The fourth-order valence-electron chi connectivity index (χ4n) is 4.70. The maximum absolute atomic E-state index is 13.5. The number of rotatable bonds is 11. The average Bonchev–Trinajstić information content (AvgIpc) is 2.85. The first kappa shape index (κ1) is 28.6.